The minimum absolute atomic E-state index is 0.0365. The second-order valence-corrected chi connectivity index (χ2v) is 3.96. The summed E-state index contributed by atoms with van der Waals surface area (Å²) < 4.78 is 0. The summed E-state index contributed by atoms with van der Waals surface area (Å²) in [6.45, 7) is 0. The van der Waals surface area contributed by atoms with Crippen LogP contribution in [0.4, 0.5) is 0 Å². The summed E-state index contributed by atoms with van der Waals surface area (Å²) in [5, 5.41) is 0. The molecule has 3 N–H and O–H groups in total. The van der Waals surface area contributed by atoms with Crippen molar-refractivity contribution in [3.63, 3.8) is 0 Å². The zero-order valence-corrected chi connectivity index (χ0v) is 9.87. The van der Waals surface area contributed by atoms with Gasteiger partial charge in [-0.25, -0.2) is 15.0 Å². The van der Waals surface area contributed by atoms with Gasteiger partial charge in [0.1, 0.15) is 5.52 Å². The van der Waals surface area contributed by atoms with Crippen LogP contribution >= 0.6 is 0 Å². The minimum Gasteiger partial charge on any atom is -0.363 e. The van der Waals surface area contributed by atoms with Crippen molar-refractivity contribution in [2.45, 2.75) is 6.42 Å². The Labute approximate surface area is 107 Å². The number of fused-ring (bicyclic) bond motifs is 1. The summed E-state index contributed by atoms with van der Waals surface area (Å²) in [7, 11) is 0. The van der Waals surface area contributed by atoms with Crippen LogP contribution in [0.5, 0.6) is 0 Å². The molecule has 3 aromatic heterocycles. The fraction of sp³-hybridized carbons (Fsp3) is 0.0833. The Morgan fingerprint density at radius 1 is 1.26 bits per heavy atom. The molecule has 1 amide bonds. The van der Waals surface area contributed by atoms with E-state index in [0.29, 0.717) is 23.3 Å². The number of carbonyl (C=O) groups excluding carboxylic acids is 1. The van der Waals surface area contributed by atoms with Gasteiger partial charge in [0.05, 0.1) is 12.0 Å². The third kappa shape index (κ3) is 2.13. The molecule has 0 aliphatic rings. The zero-order valence-electron chi connectivity index (χ0n) is 9.87. The van der Waals surface area contributed by atoms with E-state index in [1.807, 2.05) is 18.2 Å². The molecule has 0 aliphatic heterocycles. The van der Waals surface area contributed by atoms with Crippen molar-refractivity contribution < 1.29 is 4.79 Å². The summed E-state index contributed by atoms with van der Waals surface area (Å²) in [5.41, 5.74) is 7.82. The number of nitrogens with zero attached hydrogens (tertiary/aromatic N) is 4. The number of aromatic nitrogens is 5. The molecule has 0 saturated heterocycles. The highest BCUT2D eigenvalue weighted by Gasteiger charge is 2.13. The fourth-order valence-electron chi connectivity index (χ4n) is 1.81. The van der Waals surface area contributed by atoms with Gasteiger partial charge in [-0.2, -0.15) is 0 Å². The second-order valence-electron chi connectivity index (χ2n) is 3.96. The number of imidazole rings is 1. The molecule has 0 saturated carbocycles. The van der Waals surface area contributed by atoms with Gasteiger partial charge in [-0.15, -0.1) is 0 Å². The number of aromatic amines is 1. The standard InChI is InChI=1S/C12H10N6O/c13-10(19)12-17-8(5-7-3-1-2-4-14-7)9-11(18-12)16-6-15-9/h1-4,6H,5H2,(H2,13,19)(H,15,16,17,18). The van der Waals surface area contributed by atoms with E-state index >= 15 is 0 Å². The van der Waals surface area contributed by atoms with E-state index in [-0.39, 0.29) is 5.82 Å². The molecule has 19 heavy (non-hydrogen) atoms. The molecule has 7 heteroatoms. The molecule has 94 valence electrons. The summed E-state index contributed by atoms with van der Waals surface area (Å²) in [6, 6.07) is 5.61. The van der Waals surface area contributed by atoms with Crippen molar-refractivity contribution in [1.29, 1.82) is 0 Å². The minimum atomic E-state index is -0.674. The van der Waals surface area contributed by atoms with Crippen molar-refractivity contribution in [3.05, 3.63) is 47.9 Å². The molecule has 0 aromatic carbocycles. The predicted molar refractivity (Wildman–Crippen MR) is 67.2 cm³/mol. The van der Waals surface area contributed by atoms with Crippen molar-refractivity contribution >= 4 is 17.1 Å². The number of hydrogen-bond acceptors (Lipinski definition) is 5. The Hall–Kier alpha value is -2.83. The lowest BCUT2D eigenvalue weighted by molar-refractivity contribution is 0.0990. The van der Waals surface area contributed by atoms with Crippen molar-refractivity contribution in [3.8, 4) is 0 Å². The summed E-state index contributed by atoms with van der Waals surface area (Å²) in [4.78, 5) is 30.6. The number of hydrogen-bond donors (Lipinski definition) is 2. The Bertz CT molecular complexity index is 736. The average molecular weight is 254 g/mol. The number of pyridine rings is 1. The lowest BCUT2D eigenvalue weighted by Crippen LogP contribution is -2.16. The second kappa shape index (κ2) is 4.45. The molecule has 0 unspecified atom stereocenters. The lowest BCUT2D eigenvalue weighted by atomic mass is 10.2. The molecule has 3 aromatic rings. The van der Waals surface area contributed by atoms with E-state index in [9.17, 15) is 4.79 Å². The quantitative estimate of drug-likeness (QED) is 0.704. The third-order valence-corrected chi connectivity index (χ3v) is 2.66. The van der Waals surface area contributed by atoms with E-state index < -0.39 is 5.91 Å². The Morgan fingerprint density at radius 2 is 2.16 bits per heavy atom. The normalized spacial score (nSPS) is 10.7. The largest absolute Gasteiger partial charge is 0.363 e. The smallest absolute Gasteiger partial charge is 0.286 e. The molecule has 0 bridgehead atoms. The molecule has 0 spiro atoms. The maximum atomic E-state index is 11.2. The number of H-pyrrole nitrogens is 1. The molecule has 0 fully saturated rings. The monoisotopic (exact) mass is 254 g/mol. The van der Waals surface area contributed by atoms with Crippen LogP contribution in [0, 0.1) is 0 Å². The van der Waals surface area contributed by atoms with Crippen molar-refractivity contribution in [1.82, 2.24) is 24.9 Å². The van der Waals surface area contributed by atoms with Crippen LogP contribution < -0.4 is 5.73 Å². The molecule has 3 heterocycles. The molecule has 0 aliphatic carbocycles. The van der Waals surface area contributed by atoms with E-state index in [1.54, 1.807) is 6.20 Å². The summed E-state index contributed by atoms with van der Waals surface area (Å²) in [6.07, 6.45) is 3.68. The van der Waals surface area contributed by atoms with Gasteiger partial charge >= 0.3 is 0 Å². The first-order valence-corrected chi connectivity index (χ1v) is 5.64. The van der Waals surface area contributed by atoms with Crippen molar-refractivity contribution in [2.75, 3.05) is 0 Å². The average Bonchev–Trinajstić information content (AvgIpc) is 2.88. The van der Waals surface area contributed by atoms with Gasteiger partial charge in [-0.3, -0.25) is 9.78 Å². The van der Waals surface area contributed by atoms with Crippen LogP contribution in [0.15, 0.2) is 30.7 Å². The summed E-state index contributed by atoms with van der Waals surface area (Å²) >= 11 is 0. The molecule has 7 nitrogen and oxygen atoms in total. The predicted octanol–water partition coefficient (Wildman–Crippen LogP) is 0.438. The van der Waals surface area contributed by atoms with Crippen molar-refractivity contribution in [2.24, 2.45) is 5.73 Å². The van der Waals surface area contributed by atoms with Gasteiger partial charge in [0.15, 0.2) is 5.65 Å². The van der Waals surface area contributed by atoms with E-state index in [1.165, 1.54) is 6.33 Å². The molecule has 3 rings (SSSR count). The van der Waals surface area contributed by atoms with E-state index in [4.69, 9.17) is 5.73 Å². The van der Waals surface area contributed by atoms with Crippen LogP contribution in [-0.2, 0) is 6.42 Å². The first-order chi connectivity index (χ1) is 9.24. The van der Waals surface area contributed by atoms with E-state index in [0.717, 1.165) is 5.69 Å². The van der Waals surface area contributed by atoms with Crippen LogP contribution in [0.1, 0.15) is 22.0 Å². The number of nitrogens with one attached hydrogen (secondary N) is 1. The van der Waals surface area contributed by atoms with Gasteiger partial charge in [0, 0.05) is 18.3 Å². The Morgan fingerprint density at radius 3 is 2.89 bits per heavy atom. The molecule has 0 atom stereocenters. The summed E-state index contributed by atoms with van der Waals surface area (Å²) in [5.74, 6) is -0.710. The van der Waals surface area contributed by atoms with E-state index in [2.05, 4.69) is 24.9 Å². The van der Waals surface area contributed by atoms with Gasteiger partial charge in [0.25, 0.3) is 5.91 Å². The van der Waals surface area contributed by atoms with Crippen LogP contribution in [-0.4, -0.2) is 30.8 Å². The number of rotatable bonds is 3. The SMILES string of the molecule is NC(=O)c1nc(Cc2ccccn2)c2[nH]cnc2n1. The number of amides is 1. The van der Waals surface area contributed by atoms with Gasteiger partial charge in [-0.1, -0.05) is 6.07 Å². The van der Waals surface area contributed by atoms with Gasteiger partial charge < -0.3 is 10.7 Å². The Kier molecular flexibility index (Phi) is 2.64. The highest BCUT2D eigenvalue weighted by Crippen LogP contribution is 2.14. The first kappa shape index (κ1) is 11.3. The highest BCUT2D eigenvalue weighted by atomic mass is 16.1. The molecular formula is C12H10N6O. The highest BCUT2D eigenvalue weighted by molar-refractivity contribution is 5.90. The maximum absolute atomic E-state index is 11.2. The maximum Gasteiger partial charge on any atom is 0.286 e. The number of nitrogens with two attached hydrogens (primary N) is 1. The lowest BCUT2D eigenvalue weighted by Gasteiger charge is -2.03. The topological polar surface area (TPSA) is 110 Å². The zero-order chi connectivity index (χ0) is 13.2. The fourth-order valence-corrected chi connectivity index (χ4v) is 1.81. The third-order valence-electron chi connectivity index (χ3n) is 2.66. The van der Waals surface area contributed by atoms with Gasteiger partial charge in [-0.05, 0) is 12.1 Å². The van der Waals surface area contributed by atoms with Crippen LogP contribution in [0.3, 0.4) is 0 Å². The first-order valence-electron chi connectivity index (χ1n) is 5.64. The number of carbonyl (C=O) groups is 1. The molecule has 0 radical (unpaired) electrons. The van der Waals surface area contributed by atoms with Gasteiger partial charge in [0.2, 0.25) is 5.82 Å². The molecular weight excluding hydrogens is 244 g/mol. The van der Waals surface area contributed by atoms with Crippen LogP contribution in [0.2, 0.25) is 0 Å². The number of primary amides is 1. The Balaban J connectivity index is 2.11. The van der Waals surface area contributed by atoms with Crippen LogP contribution in [0.25, 0.3) is 11.2 Å².